The van der Waals surface area contributed by atoms with Crippen LogP contribution in [0.3, 0.4) is 0 Å². The molecule has 0 fully saturated rings. The van der Waals surface area contributed by atoms with Crippen LogP contribution in [0.5, 0.6) is 5.75 Å². The van der Waals surface area contributed by atoms with Crippen molar-refractivity contribution in [2.24, 2.45) is 0 Å². The molecule has 182 valence electrons. The summed E-state index contributed by atoms with van der Waals surface area (Å²) in [5.74, 6) is 0.469. The third-order valence-electron chi connectivity index (χ3n) is 5.23. The molecule has 4 N–H and O–H groups in total. The quantitative estimate of drug-likeness (QED) is 0.351. The van der Waals surface area contributed by atoms with Crippen LogP contribution in [0.4, 0.5) is 5.82 Å². The Morgan fingerprint density at radius 1 is 1.09 bits per heavy atom. The Morgan fingerprint density at radius 3 is 2.41 bits per heavy atom. The van der Waals surface area contributed by atoms with E-state index in [0.29, 0.717) is 23.4 Å². The molecule has 2 aromatic heterocycles. The molecule has 34 heavy (non-hydrogen) atoms. The second kappa shape index (κ2) is 9.20. The summed E-state index contributed by atoms with van der Waals surface area (Å²) >= 11 is 0. The van der Waals surface area contributed by atoms with Gasteiger partial charge in [0.25, 0.3) is 5.89 Å². The van der Waals surface area contributed by atoms with E-state index in [1.165, 1.54) is 18.3 Å². The maximum atomic E-state index is 12.4. The number of sulfone groups is 1. The average Bonchev–Trinajstić information content (AvgIpc) is 3.31. The van der Waals surface area contributed by atoms with Crippen molar-refractivity contribution in [3.8, 4) is 40.0 Å². The Morgan fingerprint density at radius 2 is 1.76 bits per heavy atom. The Kier molecular flexibility index (Phi) is 6.31. The fraction of sp³-hybridized carbons (Fsp3) is 0.217. The largest absolute Gasteiger partial charge is 0.508 e. The number of anilines is 1. The first-order chi connectivity index (χ1) is 16.2. The second-order valence-electron chi connectivity index (χ2n) is 7.89. The first-order valence-electron chi connectivity index (χ1n) is 10.5. The molecule has 0 radical (unpaired) electrons. The van der Waals surface area contributed by atoms with Gasteiger partial charge in [0.15, 0.2) is 21.3 Å². The summed E-state index contributed by atoms with van der Waals surface area (Å²) in [6.45, 7) is 3.79. The van der Waals surface area contributed by atoms with Crippen molar-refractivity contribution in [3.63, 3.8) is 0 Å². The van der Waals surface area contributed by atoms with Gasteiger partial charge in [0, 0.05) is 27.5 Å². The number of hydrogen-bond acceptors (Lipinski definition) is 10. The topological polar surface area (TPSA) is 157 Å². The van der Waals surface area contributed by atoms with Crippen molar-refractivity contribution >= 4 is 15.7 Å². The molecule has 0 bridgehead atoms. The summed E-state index contributed by atoms with van der Waals surface area (Å²) in [7, 11) is -1.59. The van der Waals surface area contributed by atoms with Crippen molar-refractivity contribution in [1.82, 2.24) is 25.5 Å². The number of nitrogens with zero attached hydrogens (tertiary/aromatic N) is 4. The maximum Gasteiger partial charge on any atom is 0.270 e. The minimum atomic E-state index is -3.38. The number of phenolic OH excluding ortho intramolecular Hbond substituents is 1. The third-order valence-corrected chi connectivity index (χ3v) is 7.40. The number of aromatic hydroxyl groups is 1. The van der Waals surface area contributed by atoms with E-state index in [4.69, 9.17) is 10.2 Å². The maximum absolute atomic E-state index is 12.4. The smallest absolute Gasteiger partial charge is 0.270 e. The molecule has 10 nitrogen and oxygen atoms in total. The molecule has 11 heteroatoms. The summed E-state index contributed by atoms with van der Waals surface area (Å²) in [6, 6.07) is 11.5. The molecule has 4 rings (SSSR count). The highest BCUT2D eigenvalue weighted by Crippen LogP contribution is 2.30. The van der Waals surface area contributed by atoms with Crippen molar-refractivity contribution in [2.45, 2.75) is 30.5 Å². The van der Waals surface area contributed by atoms with Crippen molar-refractivity contribution in [2.75, 3.05) is 12.8 Å². The molecule has 0 aliphatic carbocycles. The highest BCUT2D eigenvalue weighted by atomic mass is 32.2. The number of aromatic nitrogens is 4. The summed E-state index contributed by atoms with van der Waals surface area (Å²) in [5.41, 5.74) is 8.61. The van der Waals surface area contributed by atoms with Crippen molar-refractivity contribution in [1.29, 1.82) is 0 Å². The van der Waals surface area contributed by atoms with E-state index in [0.717, 1.165) is 5.56 Å². The predicted molar refractivity (Wildman–Crippen MR) is 134 cm³/mol. The zero-order valence-corrected chi connectivity index (χ0v) is 19.7. The lowest BCUT2D eigenvalue weighted by Gasteiger charge is -2.09. The predicted octanol–water partition coefficient (Wildman–Crippen LogP) is 3.79. The van der Waals surface area contributed by atoms with Gasteiger partial charge >= 0.3 is 0 Å². The number of benzene rings is 2. The van der Waals surface area contributed by atoms with Crippen LogP contribution >= 0.6 is 0 Å². The first-order valence-corrected chi connectivity index (χ1v) is 12.0. The molecule has 2 aromatic carbocycles. The van der Waals surface area contributed by atoms with E-state index in [1.807, 2.05) is 0 Å². The molecule has 0 atom stereocenters. The Balaban J connectivity index is 0.00000228. The summed E-state index contributed by atoms with van der Waals surface area (Å²) < 4.78 is 30.5. The number of phenols is 1. The Hall–Kier alpha value is -3.83. The number of hydrogen-bond donors (Lipinski definition) is 3. The monoisotopic (exact) mass is 486 g/mol. The molecule has 0 saturated carbocycles. The summed E-state index contributed by atoms with van der Waals surface area (Å²) in [5, 5.41) is 20.7. The number of nitrogens with one attached hydrogen (secondary N) is 1. The standard InChI is InChI=1S/C23H24N6O4S.3H2/c1-13(2)34(31,32)17-8-6-14(7-9-17)18-12-26-21(24)20(27-18)23-29-28-22(33-23)15-4-5-16(11-25-3)19(30)10-15;;;/h4-10,12-13,25,30H,11H2,1-3H3,(H2,24,26);3*1H. The van der Waals surface area contributed by atoms with E-state index < -0.39 is 15.1 Å². The van der Waals surface area contributed by atoms with Gasteiger partial charge in [0.05, 0.1) is 22.0 Å². The van der Waals surface area contributed by atoms with Crippen LogP contribution in [0.1, 0.15) is 23.7 Å². The van der Waals surface area contributed by atoms with Gasteiger partial charge in [-0.15, -0.1) is 10.2 Å². The lowest BCUT2D eigenvalue weighted by Crippen LogP contribution is -2.13. The van der Waals surface area contributed by atoms with Crippen LogP contribution < -0.4 is 11.1 Å². The number of rotatable bonds is 7. The van der Waals surface area contributed by atoms with Crippen molar-refractivity contribution < 1.29 is 22.2 Å². The average molecular weight is 487 g/mol. The van der Waals surface area contributed by atoms with Crippen LogP contribution in [0.25, 0.3) is 34.3 Å². The summed E-state index contributed by atoms with van der Waals surface area (Å²) in [4.78, 5) is 8.93. The Bertz CT molecular complexity index is 1450. The Labute approximate surface area is 201 Å². The van der Waals surface area contributed by atoms with Gasteiger partial charge in [0.1, 0.15) is 5.75 Å². The molecular weight excluding hydrogens is 456 g/mol. The van der Waals surface area contributed by atoms with Crippen LogP contribution in [0.15, 0.2) is 58.0 Å². The zero-order valence-electron chi connectivity index (χ0n) is 18.8. The molecule has 0 aliphatic rings. The van der Waals surface area contributed by atoms with Gasteiger partial charge in [-0.1, -0.05) is 18.2 Å². The zero-order chi connectivity index (χ0) is 24.5. The molecule has 0 unspecified atom stereocenters. The normalized spacial score (nSPS) is 11.8. The summed E-state index contributed by atoms with van der Waals surface area (Å²) in [6.07, 6.45) is 1.49. The minimum Gasteiger partial charge on any atom is -0.508 e. The fourth-order valence-corrected chi connectivity index (χ4v) is 4.31. The van der Waals surface area contributed by atoms with Gasteiger partial charge in [-0.3, -0.25) is 0 Å². The van der Waals surface area contributed by atoms with Gasteiger partial charge in [-0.2, -0.15) is 0 Å². The highest BCUT2D eigenvalue weighted by molar-refractivity contribution is 7.92. The van der Waals surface area contributed by atoms with E-state index in [2.05, 4.69) is 25.5 Å². The molecule has 0 spiro atoms. The van der Waals surface area contributed by atoms with Crippen LogP contribution in [0, 0.1) is 0 Å². The number of nitrogen functional groups attached to an aromatic ring is 1. The third kappa shape index (κ3) is 4.47. The number of nitrogens with two attached hydrogens (primary N) is 1. The molecular formula is C23H30N6O4S. The van der Waals surface area contributed by atoms with Crippen LogP contribution in [-0.4, -0.2) is 46.0 Å². The molecule has 2 heterocycles. The van der Waals surface area contributed by atoms with E-state index in [9.17, 15) is 13.5 Å². The molecule has 0 saturated heterocycles. The van der Waals surface area contributed by atoms with E-state index in [-0.39, 0.29) is 38.2 Å². The highest BCUT2D eigenvalue weighted by Gasteiger charge is 2.20. The second-order valence-corrected chi connectivity index (χ2v) is 10.4. The lowest BCUT2D eigenvalue weighted by atomic mass is 10.1. The van der Waals surface area contributed by atoms with E-state index in [1.54, 1.807) is 51.2 Å². The molecule has 0 amide bonds. The lowest BCUT2D eigenvalue weighted by molar-refractivity contribution is 0.466. The SMILES string of the molecule is CNCc1ccc(-c2nnc(-c3nc(-c4ccc(S(=O)(=O)C(C)C)cc4)cnc3N)o2)cc1O.[HH].[HH].[HH]. The van der Waals surface area contributed by atoms with Gasteiger partial charge in [0.2, 0.25) is 5.89 Å². The van der Waals surface area contributed by atoms with Crippen LogP contribution in [0.2, 0.25) is 0 Å². The van der Waals surface area contributed by atoms with Crippen molar-refractivity contribution in [3.05, 3.63) is 54.2 Å². The van der Waals surface area contributed by atoms with Gasteiger partial charge in [-0.05, 0) is 45.2 Å². The minimum absolute atomic E-state index is 0. The molecule has 0 aliphatic heterocycles. The van der Waals surface area contributed by atoms with E-state index >= 15 is 0 Å². The van der Waals surface area contributed by atoms with Gasteiger partial charge in [-0.25, -0.2) is 18.4 Å². The van der Waals surface area contributed by atoms with Crippen LogP contribution in [-0.2, 0) is 16.4 Å². The van der Waals surface area contributed by atoms with Gasteiger partial charge < -0.3 is 20.6 Å². The fourth-order valence-electron chi connectivity index (χ4n) is 3.25. The first kappa shape index (κ1) is 23.3. The molecule has 4 aromatic rings.